The molecule has 2 rings (SSSR count). The molecular weight excluding hydrogens is 247 g/mol. The first-order valence-corrected chi connectivity index (χ1v) is 4.30. The van der Waals surface area contributed by atoms with Crippen molar-refractivity contribution in [3.63, 3.8) is 0 Å². The Kier molecular flexibility index (Phi) is 6.56. The molecule has 0 fully saturated rings. The predicted octanol–water partition coefficient (Wildman–Crippen LogP) is 1.84. The van der Waals surface area contributed by atoms with Crippen LogP contribution in [0, 0.1) is 0 Å². The van der Waals surface area contributed by atoms with Gasteiger partial charge < -0.3 is 5.73 Å². The molecule has 0 atom stereocenters. The number of nitrogens with two attached hydrogens (primary N) is 1. The molecule has 0 saturated carbocycles. The SMILES string of the molecule is Cl.Cl.NCc1ccnc(-c2cncnc2)c1. The lowest BCUT2D eigenvalue weighted by molar-refractivity contribution is 1.06. The first-order chi connectivity index (χ1) is 6.90. The highest BCUT2D eigenvalue weighted by molar-refractivity contribution is 5.85. The van der Waals surface area contributed by atoms with E-state index in [9.17, 15) is 0 Å². The van der Waals surface area contributed by atoms with E-state index in [2.05, 4.69) is 15.0 Å². The van der Waals surface area contributed by atoms with E-state index >= 15 is 0 Å². The zero-order valence-electron chi connectivity index (χ0n) is 8.41. The highest BCUT2D eigenvalue weighted by Crippen LogP contribution is 2.14. The van der Waals surface area contributed by atoms with E-state index in [1.54, 1.807) is 18.6 Å². The molecule has 0 aliphatic carbocycles. The summed E-state index contributed by atoms with van der Waals surface area (Å²) in [4.78, 5) is 12.1. The zero-order valence-corrected chi connectivity index (χ0v) is 10.0. The molecule has 0 bridgehead atoms. The Hall–Kier alpha value is -1.23. The Bertz CT molecular complexity index is 422. The smallest absolute Gasteiger partial charge is 0.115 e. The summed E-state index contributed by atoms with van der Waals surface area (Å²) in [5, 5.41) is 0. The van der Waals surface area contributed by atoms with Crippen molar-refractivity contribution in [1.82, 2.24) is 15.0 Å². The molecule has 0 aromatic carbocycles. The highest BCUT2D eigenvalue weighted by Gasteiger charge is 1.99. The van der Waals surface area contributed by atoms with E-state index in [1.807, 2.05) is 12.1 Å². The van der Waals surface area contributed by atoms with Gasteiger partial charge in [0.15, 0.2) is 0 Å². The molecular formula is C10H12Cl2N4. The number of nitrogens with zero attached hydrogens (tertiary/aromatic N) is 3. The molecule has 2 heterocycles. The molecule has 2 N–H and O–H groups in total. The van der Waals surface area contributed by atoms with Crippen molar-refractivity contribution in [1.29, 1.82) is 0 Å². The first kappa shape index (κ1) is 14.8. The maximum Gasteiger partial charge on any atom is 0.115 e. The van der Waals surface area contributed by atoms with Crippen molar-refractivity contribution in [3.05, 3.63) is 42.6 Å². The predicted molar refractivity (Wildman–Crippen MR) is 67.7 cm³/mol. The van der Waals surface area contributed by atoms with Crippen molar-refractivity contribution in [2.45, 2.75) is 6.54 Å². The van der Waals surface area contributed by atoms with Crippen molar-refractivity contribution in [2.75, 3.05) is 0 Å². The average molecular weight is 259 g/mol. The third kappa shape index (κ3) is 3.41. The van der Waals surface area contributed by atoms with Crippen molar-refractivity contribution in [3.8, 4) is 11.3 Å². The molecule has 2 aromatic rings. The summed E-state index contributed by atoms with van der Waals surface area (Å²) in [5.41, 5.74) is 8.35. The highest BCUT2D eigenvalue weighted by atomic mass is 35.5. The fourth-order valence-corrected chi connectivity index (χ4v) is 1.19. The third-order valence-corrected chi connectivity index (χ3v) is 1.92. The van der Waals surface area contributed by atoms with Crippen LogP contribution in [0.5, 0.6) is 0 Å². The van der Waals surface area contributed by atoms with Crippen LogP contribution in [0.3, 0.4) is 0 Å². The Balaban J connectivity index is 0.00000112. The van der Waals surface area contributed by atoms with Gasteiger partial charge >= 0.3 is 0 Å². The lowest BCUT2D eigenvalue weighted by atomic mass is 10.1. The molecule has 0 unspecified atom stereocenters. The number of aromatic nitrogens is 3. The minimum Gasteiger partial charge on any atom is -0.326 e. The maximum atomic E-state index is 5.54. The van der Waals surface area contributed by atoms with E-state index in [0.29, 0.717) is 6.54 Å². The van der Waals surface area contributed by atoms with Gasteiger partial charge in [0.1, 0.15) is 6.33 Å². The molecule has 2 aromatic heterocycles. The summed E-state index contributed by atoms with van der Waals surface area (Å²) in [7, 11) is 0. The summed E-state index contributed by atoms with van der Waals surface area (Å²) in [6.45, 7) is 0.517. The van der Waals surface area contributed by atoms with Gasteiger partial charge in [-0.15, -0.1) is 24.8 Å². The first-order valence-electron chi connectivity index (χ1n) is 4.30. The Labute approximate surface area is 106 Å². The van der Waals surface area contributed by atoms with Crippen LogP contribution < -0.4 is 5.73 Å². The standard InChI is InChI=1S/C10H10N4.2ClH/c11-4-8-1-2-14-10(3-8)9-5-12-7-13-6-9;;/h1-3,5-7H,4,11H2;2*1H. The second-order valence-electron chi connectivity index (χ2n) is 2.88. The van der Waals surface area contributed by atoms with Crippen LogP contribution >= 0.6 is 24.8 Å². The number of hydrogen-bond donors (Lipinski definition) is 1. The van der Waals surface area contributed by atoms with Crippen LogP contribution in [-0.4, -0.2) is 15.0 Å². The van der Waals surface area contributed by atoms with Crippen molar-refractivity contribution in [2.24, 2.45) is 5.73 Å². The molecule has 4 nitrogen and oxygen atoms in total. The molecule has 0 aliphatic rings. The normalized spacial score (nSPS) is 8.81. The van der Waals surface area contributed by atoms with Gasteiger partial charge in [-0.05, 0) is 17.7 Å². The maximum absolute atomic E-state index is 5.54. The second-order valence-corrected chi connectivity index (χ2v) is 2.88. The van der Waals surface area contributed by atoms with E-state index in [-0.39, 0.29) is 24.8 Å². The molecule has 0 saturated heterocycles. The molecule has 16 heavy (non-hydrogen) atoms. The molecule has 6 heteroatoms. The van der Waals surface area contributed by atoms with Gasteiger partial charge in [-0.25, -0.2) is 9.97 Å². The Morgan fingerprint density at radius 1 is 1.12 bits per heavy atom. The third-order valence-electron chi connectivity index (χ3n) is 1.92. The molecule has 86 valence electrons. The van der Waals surface area contributed by atoms with Crippen LogP contribution in [-0.2, 0) is 6.54 Å². The minimum absolute atomic E-state index is 0. The number of rotatable bonds is 2. The monoisotopic (exact) mass is 258 g/mol. The second kappa shape index (κ2) is 7.11. The van der Waals surface area contributed by atoms with Crippen molar-refractivity contribution < 1.29 is 0 Å². The molecule has 0 radical (unpaired) electrons. The largest absolute Gasteiger partial charge is 0.326 e. The lowest BCUT2D eigenvalue weighted by Crippen LogP contribution is -1.97. The fourth-order valence-electron chi connectivity index (χ4n) is 1.19. The van der Waals surface area contributed by atoms with E-state index in [4.69, 9.17) is 5.73 Å². The number of halogens is 2. The van der Waals surface area contributed by atoms with Gasteiger partial charge in [-0.3, -0.25) is 4.98 Å². The minimum atomic E-state index is 0. The van der Waals surface area contributed by atoms with E-state index in [0.717, 1.165) is 16.8 Å². The van der Waals surface area contributed by atoms with Crippen LogP contribution in [0.15, 0.2) is 37.1 Å². The Morgan fingerprint density at radius 2 is 1.81 bits per heavy atom. The topological polar surface area (TPSA) is 64.7 Å². The van der Waals surface area contributed by atoms with Crippen LogP contribution in [0.1, 0.15) is 5.56 Å². The molecule has 0 aliphatic heterocycles. The fraction of sp³-hybridized carbons (Fsp3) is 0.100. The summed E-state index contributed by atoms with van der Waals surface area (Å²) in [6.07, 6.45) is 6.70. The average Bonchev–Trinajstić information content (AvgIpc) is 2.30. The van der Waals surface area contributed by atoms with Gasteiger partial charge in [0.2, 0.25) is 0 Å². The quantitative estimate of drug-likeness (QED) is 0.893. The molecule has 0 amide bonds. The van der Waals surface area contributed by atoms with Crippen LogP contribution in [0.4, 0.5) is 0 Å². The van der Waals surface area contributed by atoms with Gasteiger partial charge in [0, 0.05) is 30.7 Å². The Morgan fingerprint density at radius 3 is 2.44 bits per heavy atom. The van der Waals surface area contributed by atoms with Crippen molar-refractivity contribution >= 4 is 24.8 Å². The summed E-state index contributed by atoms with van der Waals surface area (Å²) >= 11 is 0. The molecule has 0 spiro atoms. The van der Waals surface area contributed by atoms with Gasteiger partial charge in [0.05, 0.1) is 5.69 Å². The number of hydrogen-bond acceptors (Lipinski definition) is 4. The van der Waals surface area contributed by atoms with Gasteiger partial charge in [-0.2, -0.15) is 0 Å². The van der Waals surface area contributed by atoms with Crippen LogP contribution in [0.2, 0.25) is 0 Å². The van der Waals surface area contributed by atoms with Gasteiger partial charge in [-0.1, -0.05) is 0 Å². The lowest BCUT2D eigenvalue weighted by Gasteiger charge is -2.01. The van der Waals surface area contributed by atoms with Gasteiger partial charge in [0.25, 0.3) is 0 Å². The number of pyridine rings is 1. The summed E-state index contributed by atoms with van der Waals surface area (Å²) in [6, 6.07) is 3.84. The van der Waals surface area contributed by atoms with Crippen LogP contribution in [0.25, 0.3) is 11.3 Å². The van der Waals surface area contributed by atoms with E-state index < -0.39 is 0 Å². The van der Waals surface area contributed by atoms with E-state index in [1.165, 1.54) is 6.33 Å². The summed E-state index contributed by atoms with van der Waals surface area (Å²) in [5.74, 6) is 0. The zero-order chi connectivity index (χ0) is 9.80. The summed E-state index contributed by atoms with van der Waals surface area (Å²) < 4.78 is 0.